The van der Waals surface area contributed by atoms with E-state index in [1.54, 1.807) is 30.9 Å². The Morgan fingerprint density at radius 2 is 1.92 bits per heavy atom. The van der Waals surface area contributed by atoms with Crippen molar-refractivity contribution in [1.82, 2.24) is 4.31 Å². The van der Waals surface area contributed by atoms with E-state index in [4.69, 9.17) is 5.26 Å². The van der Waals surface area contributed by atoms with Crippen molar-refractivity contribution < 1.29 is 13.2 Å². The molecule has 0 radical (unpaired) electrons. The molecule has 0 aliphatic rings. The Bertz CT molecular complexity index is 738. The smallest absolute Gasteiger partial charge is 0.243 e. The Balaban J connectivity index is 3.18. The lowest BCUT2D eigenvalue weighted by Crippen LogP contribution is -2.30. The third-order valence-corrected chi connectivity index (χ3v) is 6.31. The summed E-state index contributed by atoms with van der Waals surface area (Å²) in [4.78, 5) is 14.0. The molecule has 9 heteroatoms. The SMILES string of the molecule is CCN(CC)S(=O)(=O)c1ccc(N(C)C)c(NC(=O)CSCC#N)c1. The number of rotatable bonds is 9. The van der Waals surface area contributed by atoms with Crippen LogP contribution in [0, 0.1) is 11.3 Å². The first kappa shape index (κ1) is 21.3. The van der Waals surface area contributed by atoms with Gasteiger partial charge in [-0.2, -0.15) is 9.57 Å². The molecule has 25 heavy (non-hydrogen) atoms. The third-order valence-electron chi connectivity index (χ3n) is 3.47. The molecule has 0 aliphatic heterocycles. The van der Waals surface area contributed by atoms with Gasteiger partial charge in [-0.05, 0) is 18.2 Å². The number of hydrogen-bond acceptors (Lipinski definition) is 6. The van der Waals surface area contributed by atoms with E-state index in [-0.39, 0.29) is 22.3 Å². The van der Waals surface area contributed by atoms with E-state index in [0.29, 0.717) is 24.5 Å². The summed E-state index contributed by atoms with van der Waals surface area (Å²) < 4.78 is 26.7. The lowest BCUT2D eigenvalue weighted by Gasteiger charge is -2.22. The summed E-state index contributed by atoms with van der Waals surface area (Å²) in [5.74, 6) is 0.0818. The second-order valence-electron chi connectivity index (χ2n) is 5.36. The number of carbonyl (C=O) groups is 1. The van der Waals surface area contributed by atoms with Crippen LogP contribution in [0.1, 0.15) is 13.8 Å². The molecule has 7 nitrogen and oxygen atoms in total. The Hall–Kier alpha value is -1.76. The quantitative estimate of drug-likeness (QED) is 0.654. The second-order valence-corrected chi connectivity index (χ2v) is 8.29. The number of benzene rings is 1. The molecule has 1 N–H and O–H groups in total. The Labute approximate surface area is 154 Å². The maximum atomic E-state index is 12.7. The van der Waals surface area contributed by atoms with Crippen molar-refractivity contribution in [2.45, 2.75) is 18.7 Å². The van der Waals surface area contributed by atoms with Gasteiger partial charge in [-0.15, -0.1) is 11.8 Å². The summed E-state index contributed by atoms with van der Waals surface area (Å²) in [6, 6.07) is 6.66. The van der Waals surface area contributed by atoms with Crippen LogP contribution < -0.4 is 10.2 Å². The first-order valence-electron chi connectivity index (χ1n) is 7.83. The maximum Gasteiger partial charge on any atom is 0.243 e. The van der Waals surface area contributed by atoms with E-state index in [1.807, 2.05) is 20.2 Å². The summed E-state index contributed by atoms with van der Waals surface area (Å²) in [6.45, 7) is 4.32. The molecule has 0 saturated heterocycles. The lowest BCUT2D eigenvalue weighted by molar-refractivity contribution is -0.113. The number of nitrogens with one attached hydrogen (secondary N) is 1. The molecule has 0 heterocycles. The molecule has 0 unspecified atom stereocenters. The number of carbonyl (C=O) groups excluding carboxylic acids is 1. The second kappa shape index (κ2) is 9.65. The maximum absolute atomic E-state index is 12.7. The van der Waals surface area contributed by atoms with E-state index in [0.717, 1.165) is 0 Å². The van der Waals surface area contributed by atoms with E-state index in [9.17, 15) is 13.2 Å². The highest BCUT2D eigenvalue weighted by atomic mass is 32.2. The molecule has 0 aromatic heterocycles. The Morgan fingerprint density at radius 3 is 2.44 bits per heavy atom. The average Bonchev–Trinajstić information content (AvgIpc) is 2.55. The summed E-state index contributed by atoms with van der Waals surface area (Å²) in [5, 5.41) is 11.3. The molecule has 1 rings (SSSR count). The van der Waals surface area contributed by atoms with E-state index in [2.05, 4.69) is 5.32 Å². The molecule has 1 aromatic rings. The van der Waals surface area contributed by atoms with Crippen LogP contribution in [0.25, 0.3) is 0 Å². The van der Waals surface area contributed by atoms with Gasteiger partial charge in [0, 0.05) is 27.2 Å². The van der Waals surface area contributed by atoms with E-state index >= 15 is 0 Å². The molecule has 1 aromatic carbocycles. The largest absolute Gasteiger partial charge is 0.376 e. The molecule has 0 atom stereocenters. The molecule has 138 valence electrons. The van der Waals surface area contributed by atoms with Crippen molar-refractivity contribution in [3.63, 3.8) is 0 Å². The number of anilines is 2. The van der Waals surface area contributed by atoms with E-state index in [1.165, 1.54) is 22.1 Å². The van der Waals surface area contributed by atoms with Crippen LogP contribution in [-0.4, -0.2) is 57.3 Å². The molecular weight excluding hydrogens is 360 g/mol. The van der Waals surface area contributed by atoms with Crippen LogP contribution in [-0.2, 0) is 14.8 Å². The number of amides is 1. The minimum Gasteiger partial charge on any atom is -0.376 e. The highest BCUT2D eigenvalue weighted by Gasteiger charge is 2.23. The van der Waals surface area contributed by atoms with Crippen LogP contribution in [0.15, 0.2) is 23.1 Å². The van der Waals surface area contributed by atoms with Crippen molar-refractivity contribution in [1.29, 1.82) is 5.26 Å². The summed E-state index contributed by atoms with van der Waals surface area (Å²) in [7, 11) is 0.0193. The predicted octanol–water partition coefficient (Wildman–Crippen LogP) is 1.98. The van der Waals surface area contributed by atoms with Crippen molar-refractivity contribution in [2.75, 3.05) is 48.9 Å². The zero-order chi connectivity index (χ0) is 19.0. The van der Waals surface area contributed by atoms with Gasteiger partial charge in [-0.1, -0.05) is 13.8 Å². The fraction of sp³-hybridized carbons (Fsp3) is 0.500. The highest BCUT2D eigenvalue weighted by molar-refractivity contribution is 8.00. The molecule has 0 saturated carbocycles. The minimum atomic E-state index is -3.61. The number of hydrogen-bond donors (Lipinski definition) is 1. The minimum absolute atomic E-state index is 0.132. The zero-order valence-electron chi connectivity index (χ0n) is 14.9. The van der Waals surface area contributed by atoms with Crippen molar-refractivity contribution in [3.05, 3.63) is 18.2 Å². The Morgan fingerprint density at radius 1 is 1.28 bits per heavy atom. The number of nitrogens with zero attached hydrogens (tertiary/aromatic N) is 3. The number of thioether (sulfide) groups is 1. The first-order chi connectivity index (χ1) is 11.8. The van der Waals surface area contributed by atoms with Gasteiger partial charge >= 0.3 is 0 Å². The van der Waals surface area contributed by atoms with Crippen LogP contribution in [0.2, 0.25) is 0 Å². The lowest BCUT2D eigenvalue weighted by atomic mass is 10.2. The van der Waals surface area contributed by atoms with Gasteiger partial charge in [0.1, 0.15) is 0 Å². The molecule has 1 amide bonds. The normalized spacial score (nSPS) is 11.2. The van der Waals surface area contributed by atoms with Gasteiger partial charge in [0.25, 0.3) is 0 Å². The monoisotopic (exact) mass is 384 g/mol. The number of nitriles is 1. The zero-order valence-corrected chi connectivity index (χ0v) is 16.6. The highest BCUT2D eigenvalue weighted by Crippen LogP contribution is 2.29. The molecule has 0 aliphatic carbocycles. The predicted molar refractivity (Wildman–Crippen MR) is 102 cm³/mol. The van der Waals surface area contributed by atoms with Gasteiger partial charge in [-0.3, -0.25) is 4.79 Å². The first-order valence-corrected chi connectivity index (χ1v) is 10.4. The van der Waals surface area contributed by atoms with Gasteiger partial charge in [0.05, 0.1) is 33.8 Å². The fourth-order valence-corrected chi connectivity index (χ4v) is 4.19. The molecule has 0 bridgehead atoms. The molecule has 0 fully saturated rings. The average molecular weight is 385 g/mol. The molecular formula is C16H24N4O3S2. The summed E-state index contributed by atoms with van der Waals surface area (Å²) in [5.41, 5.74) is 1.14. The Kier molecular flexibility index (Phi) is 8.22. The van der Waals surface area contributed by atoms with Gasteiger partial charge in [0.2, 0.25) is 15.9 Å². The fourth-order valence-electron chi connectivity index (χ4n) is 2.25. The van der Waals surface area contributed by atoms with Crippen LogP contribution in [0.4, 0.5) is 11.4 Å². The van der Waals surface area contributed by atoms with Crippen LogP contribution in [0.5, 0.6) is 0 Å². The van der Waals surface area contributed by atoms with Crippen LogP contribution >= 0.6 is 11.8 Å². The standard InChI is InChI=1S/C16H24N4O3S2/c1-5-20(6-2)25(22,23)13-7-8-15(19(3)4)14(11-13)18-16(21)12-24-10-9-17/h7-8,11H,5-6,10,12H2,1-4H3,(H,18,21). The number of sulfonamides is 1. The molecule has 0 spiro atoms. The third kappa shape index (κ3) is 5.63. The van der Waals surface area contributed by atoms with Crippen molar-refractivity contribution >= 4 is 39.1 Å². The van der Waals surface area contributed by atoms with Gasteiger partial charge in [-0.25, -0.2) is 8.42 Å². The van der Waals surface area contributed by atoms with Crippen molar-refractivity contribution in [2.24, 2.45) is 0 Å². The topological polar surface area (TPSA) is 93.5 Å². The van der Waals surface area contributed by atoms with Crippen LogP contribution in [0.3, 0.4) is 0 Å². The summed E-state index contributed by atoms with van der Waals surface area (Å²) in [6.07, 6.45) is 0. The van der Waals surface area contributed by atoms with Gasteiger partial charge < -0.3 is 10.2 Å². The van der Waals surface area contributed by atoms with Gasteiger partial charge in [0.15, 0.2) is 0 Å². The van der Waals surface area contributed by atoms with E-state index < -0.39 is 10.0 Å². The summed E-state index contributed by atoms with van der Waals surface area (Å²) >= 11 is 1.20. The van der Waals surface area contributed by atoms with Crippen molar-refractivity contribution in [3.8, 4) is 6.07 Å².